The van der Waals surface area contributed by atoms with Crippen molar-refractivity contribution in [2.75, 3.05) is 25.0 Å². The van der Waals surface area contributed by atoms with Gasteiger partial charge in [0, 0.05) is 5.33 Å². The molecule has 1 aliphatic heterocycles. The monoisotopic (exact) mass is 345 g/mol. The summed E-state index contributed by atoms with van der Waals surface area (Å²) in [6, 6.07) is 0. The molecular weight excluding hydrogens is 310 g/mol. The van der Waals surface area contributed by atoms with Gasteiger partial charge in [0.15, 0.2) is 0 Å². The van der Waals surface area contributed by atoms with Crippen LogP contribution in [0.1, 0.15) is 78.1 Å². The van der Waals surface area contributed by atoms with E-state index in [9.17, 15) is 0 Å². The van der Waals surface area contributed by atoms with Crippen LogP contribution in [0.3, 0.4) is 0 Å². The highest BCUT2D eigenvalue weighted by atomic mass is 79.9. The molecule has 0 N–H and O–H groups in total. The summed E-state index contributed by atoms with van der Waals surface area (Å²) in [4.78, 5) is 2.73. The van der Waals surface area contributed by atoms with E-state index in [1.165, 1.54) is 89.2 Å². The van der Waals surface area contributed by atoms with E-state index in [1.807, 2.05) is 0 Å². The van der Waals surface area contributed by atoms with Crippen molar-refractivity contribution in [3.05, 3.63) is 0 Å². The number of nitrogens with zero attached hydrogens (tertiary/aromatic N) is 1. The fourth-order valence-corrected chi connectivity index (χ4v) is 3.78. The summed E-state index contributed by atoms with van der Waals surface area (Å²) < 4.78 is 0. The van der Waals surface area contributed by atoms with Crippen LogP contribution in [0.25, 0.3) is 0 Å². The lowest BCUT2D eigenvalue weighted by Crippen LogP contribution is -2.26. The lowest BCUT2D eigenvalue weighted by molar-refractivity contribution is 0.266. The third-order valence-electron chi connectivity index (χ3n) is 4.92. The van der Waals surface area contributed by atoms with E-state index >= 15 is 0 Å². The fourth-order valence-electron chi connectivity index (χ4n) is 3.39. The van der Waals surface area contributed by atoms with Crippen molar-refractivity contribution < 1.29 is 0 Å². The molecule has 1 fully saturated rings. The SMILES string of the molecule is CC(C)C1CCCN(CCCCCCCCCBr)CC1. The number of hydrogen-bond donors (Lipinski definition) is 0. The van der Waals surface area contributed by atoms with Crippen molar-refractivity contribution in [2.45, 2.75) is 78.1 Å². The molecule has 0 spiro atoms. The molecular formula is C18H36BrN. The Labute approximate surface area is 136 Å². The summed E-state index contributed by atoms with van der Waals surface area (Å²) in [5.41, 5.74) is 0. The molecule has 1 nitrogen and oxygen atoms in total. The Bertz CT molecular complexity index is 217. The summed E-state index contributed by atoms with van der Waals surface area (Å²) in [7, 11) is 0. The van der Waals surface area contributed by atoms with Crippen LogP contribution in [-0.2, 0) is 0 Å². The lowest BCUT2D eigenvalue weighted by Gasteiger charge is -2.21. The minimum absolute atomic E-state index is 0.884. The third-order valence-corrected chi connectivity index (χ3v) is 5.48. The Balaban J connectivity index is 1.96. The first-order valence-electron chi connectivity index (χ1n) is 9.02. The van der Waals surface area contributed by atoms with Crippen LogP contribution in [0.4, 0.5) is 0 Å². The quantitative estimate of drug-likeness (QED) is 0.353. The molecule has 120 valence electrons. The van der Waals surface area contributed by atoms with E-state index in [2.05, 4.69) is 34.7 Å². The highest BCUT2D eigenvalue weighted by molar-refractivity contribution is 9.09. The fraction of sp³-hybridized carbons (Fsp3) is 1.00. The standard InChI is InChI=1S/C18H36BrN/c1-17(2)18-11-10-15-20(16-12-18)14-9-7-5-3-4-6-8-13-19/h17-18H,3-16H2,1-2H3. The minimum atomic E-state index is 0.884. The van der Waals surface area contributed by atoms with E-state index in [0.717, 1.165) is 11.8 Å². The third kappa shape index (κ3) is 8.67. The predicted molar refractivity (Wildman–Crippen MR) is 94.7 cm³/mol. The Morgan fingerprint density at radius 2 is 1.55 bits per heavy atom. The molecule has 0 bridgehead atoms. The zero-order valence-electron chi connectivity index (χ0n) is 13.9. The summed E-state index contributed by atoms with van der Waals surface area (Å²) in [6.45, 7) is 8.86. The molecule has 1 rings (SSSR count). The number of rotatable bonds is 10. The Hall–Kier alpha value is 0.440. The molecule has 0 aromatic carbocycles. The van der Waals surface area contributed by atoms with Gasteiger partial charge < -0.3 is 4.90 Å². The van der Waals surface area contributed by atoms with E-state index in [1.54, 1.807) is 0 Å². The van der Waals surface area contributed by atoms with Gasteiger partial charge in [-0.25, -0.2) is 0 Å². The number of halogens is 1. The zero-order valence-corrected chi connectivity index (χ0v) is 15.5. The maximum absolute atomic E-state index is 3.50. The van der Waals surface area contributed by atoms with Crippen molar-refractivity contribution in [3.8, 4) is 0 Å². The first-order valence-corrected chi connectivity index (χ1v) is 10.1. The average molecular weight is 346 g/mol. The summed E-state index contributed by atoms with van der Waals surface area (Å²) in [6.07, 6.45) is 14.3. The molecule has 20 heavy (non-hydrogen) atoms. The molecule has 1 unspecified atom stereocenters. The highest BCUT2D eigenvalue weighted by Crippen LogP contribution is 2.24. The number of hydrogen-bond acceptors (Lipinski definition) is 1. The van der Waals surface area contributed by atoms with Crippen LogP contribution >= 0.6 is 15.9 Å². The van der Waals surface area contributed by atoms with Crippen LogP contribution in [0.2, 0.25) is 0 Å². The molecule has 1 aliphatic rings. The summed E-state index contributed by atoms with van der Waals surface area (Å²) in [5.74, 6) is 1.86. The number of unbranched alkanes of at least 4 members (excludes halogenated alkanes) is 6. The molecule has 0 aromatic heterocycles. The van der Waals surface area contributed by atoms with Gasteiger partial charge >= 0.3 is 0 Å². The van der Waals surface area contributed by atoms with Crippen molar-refractivity contribution in [1.29, 1.82) is 0 Å². The minimum Gasteiger partial charge on any atom is -0.303 e. The molecule has 0 aliphatic carbocycles. The topological polar surface area (TPSA) is 3.24 Å². The van der Waals surface area contributed by atoms with E-state index < -0.39 is 0 Å². The molecule has 1 saturated heterocycles. The summed E-state index contributed by atoms with van der Waals surface area (Å²) in [5, 5.41) is 1.18. The van der Waals surface area contributed by atoms with Gasteiger partial charge in [-0.15, -0.1) is 0 Å². The Morgan fingerprint density at radius 3 is 2.20 bits per heavy atom. The largest absolute Gasteiger partial charge is 0.303 e. The Morgan fingerprint density at radius 1 is 0.900 bits per heavy atom. The van der Waals surface area contributed by atoms with Gasteiger partial charge in [0.2, 0.25) is 0 Å². The van der Waals surface area contributed by atoms with Crippen LogP contribution in [0, 0.1) is 11.8 Å². The molecule has 0 radical (unpaired) electrons. The number of alkyl halides is 1. The van der Waals surface area contributed by atoms with Crippen LogP contribution in [-0.4, -0.2) is 29.9 Å². The van der Waals surface area contributed by atoms with E-state index in [0.29, 0.717) is 0 Å². The van der Waals surface area contributed by atoms with Gasteiger partial charge in [0.05, 0.1) is 0 Å². The van der Waals surface area contributed by atoms with Gasteiger partial charge in [0.25, 0.3) is 0 Å². The molecule has 1 heterocycles. The summed E-state index contributed by atoms with van der Waals surface area (Å²) >= 11 is 3.50. The van der Waals surface area contributed by atoms with Gasteiger partial charge in [-0.2, -0.15) is 0 Å². The zero-order chi connectivity index (χ0) is 14.6. The van der Waals surface area contributed by atoms with Crippen LogP contribution in [0.5, 0.6) is 0 Å². The molecule has 1 atom stereocenters. The van der Waals surface area contributed by atoms with Crippen molar-refractivity contribution in [1.82, 2.24) is 4.90 Å². The normalized spacial score (nSPS) is 21.3. The maximum Gasteiger partial charge on any atom is 0.00313 e. The first kappa shape index (κ1) is 18.5. The van der Waals surface area contributed by atoms with Crippen molar-refractivity contribution >= 4 is 15.9 Å². The molecule has 0 saturated carbocycles. The maximum atomic E-state index is 3.50. The van der Waals surface area contributed by atoms with Gasteiger partial charge in [-0.3, -0.25) is 0 Å². The van der Waals surface area contributed by atoms with Crippen LogP contribution < -0.4 is 0 Å². The number of likely N-dealkylation sites (tertiary alicyclic amines) is 1. The molecule has 0 amide bonds. The van der Waals surface area contributed by atoms with Crippen LogP contribution in [0.15, 0.2) is 0 Å². The van der Waals surface area contributed by atoms with E-state index in [-0.39, 0.29) is 0 Å². The predicted octanol–water partition coefficient (Wildman–Crippen LogP) is 5.87. The van der Waals surface area contributed by atoms with Crippen molar-refractivity contribution in [2.24, 2.45) is 11.8 Å². The lowest BCUT2D eigenvalue weighted by atomic mass is 9.89. The van der Waals surface area contributed by atoms with Crippen molar-refractivity contribution in [3.63, 3.8) is 0 Å². The van der Waals surface area contributed by atoms with Gasteiger partial charge in [-0.05, 0) is 63.6 Å². The first-order chi connectivity index (χ1) is 9.74. The van der Waals surface area contributed by atoms with Gasteiger partial charge in [0.1, 0.15) is 0 Å². The molecule has 2 heteroatoms. The highest BCUT2D eigenvalue weighted by Gasteiger charge is 2.18. The second kappa shape index (κ2) is 12.0. The Kier molecular flexibility index (Phi) is 11.1. The van der Waals surface area contributed by atoms with E-state index in [4.69, 9.17) is 0 Å². The second-order valence-corrected chi connectivity index (χ2v) is 7.73. The van der Waals surface area contributed by atoms with Gasteiger partial charge in [-0.1, -0.05) is 61.9 Å². The molecule has 0 aromatic rings. The second-order valence-electron chi connectivity index (χ2n) is 6.94. The average Bonchev–Trinajstić information content (AvgIpc) is 2.67. The smallest absolute Gasteiger partial charge is 0.00313 e.